The van der Waals surface area contributed by atoms with Gasteiger partial charge in [-0.15, -0.1) is 0 Å². The summed E-state index contributed by atoms with van der Waals surface area (Å²) in [5, 5.41) is 12.7. The first kappa shape index (κ1) is 11.9. The van der Waals surface area contributed by atoms with Gasteiger partial charge in [0.1, 0.15) is 0 Å². The summed E-state index contributed by atoms with van der Waals surface area (Å²) >= 11 is 0. The van der Waals surface area contributed by atoms with Crippen LogP contribution in [-0.4, -0.2) is 25.3 Å². The summed E-state index contributed by atoms with van der Waals surface area (Å²) in [6, 6.07) is 4.46. The molecule has 0 spiro atoms. The second-order valence-corrected chi connectivity index (χ2v) is 3.22. The van der Waals surface area contributed by atoms with Gasteiger partial charge < -0.3 is 15.2 Å². The number of likely N-dealkylation sites (N-methyl/N-ethyl adjacent to an activating group) is 1. The molecule has 3 nitrogen and oxygen atoms in total. The SMILES string of the molecule is CCNCC(O)c1ccc(OC)c(F)c1. The molecule has 0 heterocycles. The van der Waals surface area contributed by atoms with E-state index in [0.29, 0.717) is 12.1 Å². The molecule has 4 heteroatoms. The lowest BCUT2D eigenvalue weighted by Gasteiger charge is -2.12. The molecular formula is C11H16FNO2. The molecule has 0 aliphatic carbocycles. The van der Waals surface area contributed by atoms with Gasteiger partial charge >= 0.3 is 0 Å². The van der Waals surface area contributed by atoms with Gasteiger partial charge in [0.25, 0.3) is 0 Å². The lowest BCUT2D eigenvalue weighted by molar-refractivity contribution is 0.175. The molecular weight excluding hydrogens is 197 g/mol. The largest absolute Gasteiger partial charge is 0.494 e. The van der Waals surface area contributed by atoms with Gasteiger partial charge in [-0.05, 0) is 24.2 Å². The highest BCUT2D eigenvalue weighted by Crippen LogP contribution is 2.21. The number of aliphatic hydroxyl groups is 1. The van der Waals surface area contributed by atoms with E-state index < -0.39 is 11.9 Å². The minimum atomic E-state index is -0.689. The van der Waals surface area contributed by atoms with Crippen LogP contribution in [0.2, 0.25) is 0 Å². The Kier molecular flexibility index (Phi) is 4.52. The summed E-state index contributed by atoms with van der Waals surface area (Å²) in [6.45, 7) is 3.14. The Balaban J connectivity index is 2.73. The number of halogens is 1. The van der Waals surface area contributed by atoms with E-state index in [2.05, 4.69) is 5.32 Å². The smallest absolute Gasteiger partial charge is 0.165 e. The minimum absolute atomic E-state index is 0.189. The van der Waals surface area contributed by atoms with Gasteiger partial charge in [-0.1, -0.05) is 13.0 Å². The van der Waals surface area contributed by atoms with E-state index in [-0.39, 0.29) is 5.75 Å². The van der Waals surface area contributed by atoms with E-state index in [4.69, 9.17) is 4.74 Å². The molecule has 0 radical (unpaired) electrons. The third-order valence-electron chi connectivity index (χ3n) is 2.15. The quantitative estimate of drug-likeness (QED) is 0.778. The highest BCUT2D eigenvalue weighted by atomic mass is 19.1. The van der Waals surface area contributed by atoms with Crippen molar-refractivity contribution in [2.45, 2.75) is 13.0 Å². The number of aliphatic hydroxyl groups excluding tert-OH is 1. The molecule has 1 unspecified atom stereocenters. The van der Waals surface area contributed by atoms with Gasteiger partial charge in [-0.25, -0.2) is 4.39 Å². The van der Waals surface area contributed by atoms with Crippen LogP contribution in [0.15, 0.2) is 18.2 Å². The molecule has 0 aromatic heterocycles. The van der Waals surface area contributed by atoms with Crippen molar-refractivity contribution < 1.29 is 14.2 Å². The number of hydrogen-bond acceptors (Lipinski definition) is 3. The molecule has 0 aliphatic heterocycles. The Bertz CT molecular complexity index is 317. The molecule has 1 aromatic rings. The van der Waals surface area contributed by atoms with Crippen molar-refractivity contribution in [3.05, 3.63) is 29.6 Å². The normalized spacial score (nSPS) is 12.5. The Labute approximate surface area is 88.9 Å². The topological polar surface area (TPSA) is 41.5 Å². The molecule has 1 atom stereocenters. The Morgan fingerprint density at radius 3 is 2.80 bits per heavy atom. The van der Waals surface area contributed by atoms with Crippen LogP contribution in [-0.2, 0) is 0 Å². The predicted molar refractivity (Wildman–Crippen MR) is 56.5 cm³/mol. The second-order valence-electron chi connectivity index (χ2n) is 3.22. The number of benzene rings is 1. The van der Waals surface area contributed by atoms with E-state index in [1.165, 1.54) is 19.2 Å². The fourth-order valence-corrected chi connectivity index (χ4v) is 1.29. The zero-order chi connectivity index (χ0) is 11.3. The van der Waals surface area contributed by atoms with Crippen LogP contribution in [0.5, 0.6) is 5.75 Å². The van der Waals surface area contributed by atoms with Crippen molar-refractivity contribution in [2.24, 2.45) is 0 Å². The first-order valence-corrected chi connectivity index (χ1v) is 4.91. The first-order valence-electron chi connectivity index (χ1n) is 4.91. The standard InChI is InChI=1S/C11H16FNO2/c1-3-13-7-10(14)8-4-5-11(15-2)9(12)6-8/h4-6,10,13-14H,3,7H2,1-2H3. The molecule has 0 amide bonds. The predicted octanol–water partition coefficient (Wildman–Crippen LogP) is 1.48. The van der Waals surface area contributed by atoms with Crippen LogP contribution in [0, 0.1) is 5.82 Å². The number of methoxy groups -OCH3 is 1. The van der Waals surface area contributed by atoms with Crippen LogP contribution in [0.3, 0.4) is 0 Å². The fraction of sp³-hybridized carbons (Fsp3) is 0.455. The van der Waals surface area contributed by atoms with Crippen molar-refractivity contribution in [3.63, 3.8) is 0 Å². The molecule has 2 N–H and O–H groups in total. The number of ether oxygens (including phenoxy) is 1. The van der Waals surface area contributed by atoms with Gasteiger partial charge in [-0.2, -0.15) is 0 Å². The third-order valence-corrected chi connectivity index (χ3v) is 2.15. The number of nitrogens with one attached hydrogen (secondary N) is 1. The Morgan fingerprint density at radius 1 is 1.53 bits per heavy atom. The summed E-state index contributed by atoms with van der Waals surface area (Å²) in [4.78, 5) is 0. The highest BCUT2D eigenvalue weighted by molar-refractivity contribution is 5.30. The van der Waals surface area contributed by atoms with E-state index in [1.54, 1.807) is 6.07 Å². The number of rotatable bonds is 5. The average Bonchev–Trinajstić information content (AvgIpc) is 2.25. The number of hydrogen-bond donors (Lipinski definition) is 2. The summed E-state index contributed by atoms with van der Waals surface area (Å²) < 4.78 is 18.1. The summed E-state index contributed by atoms with van der Waals surface area (Å²) in [5.74, 6) is -0.264. The molecule has 84 valence electrons. The minimum Gasteiger partial charge on any atom is -0.494 e. The molecule has 0 aliphatic rings. The van der Waals surface area contributed by atoms with Gasteiger partial charge in [-0.3, -0.25) is 0 Å². The van der Waals surface area contributed by atoms with E-state index in [1.807, 2.05) is 6.92 Å². The molecule has 0 bridgehead atoms. The monoisotopic (exact) mass is 213 g/mol. The van der Waals surface area contributed by atoms with E-state index in [9.17, 15) is 9.50 Å². The summed E-state index contributed by atoms with van der Waals surface area (Å²) in [7, 11) is 1.41. The zero-order valence-corrected chi connectivity index (χ0v) is 8.96. The molecule has 0 saturated heterocycles. The maximum Gasteiger partial charge on any atom is 0.165 e. The maximum atomic E-state index is 13.3. The highest BCUT2D eigenvalue weighted by Gasteiger charge is 2.10. The van der Waals surface area contributed by atoms with Crippen LogP contribution in [0.4, 0.5) is 4.39 Å². The van der Waals surface area contributed by atoms with Crippen LogP contribution >= 0.6 is 0 Å². The van der Waals surface area contributed by atoms with Gasteiger partial charge in [0.05, 0.1) is 13.2 Å². The van der Waals surface area contributed by atoms with Gasteiger partial charge in [0, 0.05) is 6.54 Å². The van der Waals surface area contributed by atoms with Crippen LogP contribution in [0.25, 0.3) is 0 Å². The van der Waals surface area contributed by atoms with Crippen LogP contribution < -0.4 is 10.1 Å². The third kappa shape index (κ3) is 3.18. The van der Waals surface area contributed by atoms with Gasteiger partial charge in [0.15, 0.2) is 11.6 Å². The molecule has 0 saturated carbocycles. The van der Waals surface area contributed by atoms with Crippen molar-refractivity contribution >= 4 is 0 Å². The summed E-state index contributed by atoms with van der Waals surface area (Å²) in [6.07, 6.45) is -0.689. The molecule has 1 aromatic carbocycles. The van der Waals surface area contributed by atoms with Crippen LogP contribution in [0.1, 0.15) is 18.6 Å². The fourth-order valence-electron chi connectivity index (χ4n) is 1.29. The van der Waals surface area contributed by atoms with Gasteiger partial charge in [0.2, 0.25) is 0 Å². The van der Waals surface area contributed by atoms with Crippen molar-refractivity contribution in [1.82, 2.24) is 5.32 Å². The van der Waals surface area contributed by atoms with Crippen molar-refractivity contribution in [1.29, 1.82) is 0 Å². The second kappa shape index (κ2) is 5.68. The average molecular weight is 213 g/mol. The lowest BCUT2D eigenvalue weighted by Crippen LogP contribution is -2.20. The van der Waals surface area contributed by atoms with Crippen molar-refractivity contribution in [2.75, 3.05) is 20.2 Å². The first-order chi connectivity index (χ1) is 7.19. The molecule has 0 fully saturated rings. The summed E-state index contributed by atoms with van der Waals surface area (Å²) in [5.41, 5.74) is 0.550. The molecule has 1 rings (SSSR count). The molecule has 15 heavy (non-hydrogen) atoms. The lowest BCUT2D eigenvalue weighted by atomic mass is 10.1. The Morgan fingerprint density at radius 2 is 2.27 bits per heavy atom. The zero-order valence-electron chi connectivity index (χ0n) is 8.96. The van der Waals surface area contributed by atoms with Crippen molar-refractivity contribution in [3.8, 4) is 5.75 Å². The van der Waals surface area contributed by atoms with E-state index in [0.717, 1.165) is 6.54 Å². The van der Waals surface area contributed by atoms with E-state index >= 15 is 0 Å². The Hall–Kier alpha value is -1.13. The maximum absolute atomic E-state index is 13.3.